The quantitative estimate of drug-likeness (QED) is 0.603. The van der Waals surface area contributed by atoms with Crippen LogP contribution >= 0.6 is 0 Å². The molecule has 0 aliphatic carbocycles. The largest absolute Gasteiger partial charge is 0.478 e. The van der Waals surface area contributed by atoms with Crippen LogP contribution in [0.4, 0.5) is 0 Å². The van der Waals surface area contributed by atoms with E-state index >= 15 is 0 Å². The predicted octanol–water partition coefficient (Wildman–Crippen LogP) is 3.30. The van der Waals surface area contributed by atoms with Gasteiger partial charge in [-0.2, -0.15) is 0 Å². The number of nitrogens with zero attached hydrogens (tertiary/aromatic N) is 1. The fraction of sp³-hybridized carbons (Fsp3) is 0.174. The first-order valence-electron chi connectivity index (χ1n) is 9.12. The number of esters is 1. The highest BCUT2D eigenvalue weighted by molar-refractivity contribution is 6.16. The normalized spacial score (nSPS) is 15.2. The minimum atomic E-state index is -1.03. The summed E-state index contributed by atoms with van der Waals surface area (Å²) in [4.78, 5) is 38.0. The maximum absolute atomic E-state index is 13.1. The van der Waals surface area contributed by atoms with Crippen molar-refractivity contribution in [2.75, 3.05) is 13.7 Å². The lowest BCUT2D eigenvalue weighted by Gasteiger charge is -2.17. The summed E-state index contributed by atoms with van der Waals surface area (Å²) >= 11 is 0. The molecule has 0 radical (unpaired) electrons. The summed E-state index contributed by atoms with van der Waals surface area (Å²) in [6, 6.07) is 15.9. The molecule has 1 amide bonds. The number of carbonyl (C=O) groups is 3. The summed E-state index contributed by atoms with van der Waals surface area (Å²) in [5, 5.41) is 9.03. The molecule has 0 aromatic heterocycles. The first-order chi connectivity index (χ1) is 13.9. The summed E-state index contributed by atoms with van der Waals surface area (Å²) in [7, 11) is 1.28. The smallest absolute Gasteiger partial charge is 0.340 e. The number of benzene rings is 2. The Labute approximate surface area is 168 Å². The second-order valence-corrected chi connectivity index (χ2v) is 6.63. The molecule has 0 spiro atoms. The van der Waals surface area contributed by atoms with Gasteiger partial charge in [0.15, 0.2) is 0 Å². The van der Waals surface area contributed by atoms with E-state index in [-0.39, 0.29) is 22.6 Å². The molecule has 1 N–H and O–H groups in total. The Morgan fingerprint density at radius 2 is 1.72 bits per heavy atom. The lowest BCUT2D eigenvalue weighted by molar-refractivity contribution is -0.136. The van der Waals surface area contributed by atoms with Crippen molar-refractivity contribution in [2.24, 2.45) is 0 Å². The van der Waals surface area contributed by atoms with Crippen LogP contribution in [-0.2, 0) is 20.7 Å². The van der Waals surface area contributed by atoms with Gasteiger partial charge in [-0.3, -0.25) is 4.79 Å². The van der Waals surface area contributed by atoms with Gasteiger partial charge in [0, 0.05) is 12.2 Å². The Kier molecular flexibility index (Phi) is 5.93. The number of carboxylic acid groups (broad SMARTS) is 1. The number of carboxylic acids is 1. The topological polar surface area (TPSA) is 83.9 Å². The number of ether oxygens (including phenoxy) is 1. The Balaban J connectivity index is 1.92. The zero-order chi connectivity index (χ0) is 21.0. The molecule has 2 aromatic rings. The van der Waals surface area contributed by atoms with Crippen molar-refractivity contribution in [3.8, 4) is 0 Å². The summed E-state index contributed by atoms with van der Waals surface area (Å²) < 4.78 is 4.89. The molecule has 6 heteroatoms. The number of methoxy groups -OCH3 is 1. The molecule has 3 rings (SSSR count). The molecule has 0 unspecified atom stereocenters. The van der Waals surface area contributed by atoms with E-state index in [1.807, 2.05) is 30.3 Å². The highest BCUT2D eigenvalue weighted by atomic mass is 16.5. The molecular weight excluding hydrogens is 370 g/mol. The molecular formula is C23H21NO5. The lowest BCUT2D eigenvalue weighted by atomic mass is 10.0. The van der Waals surface area contributed by atoms with Crippen LogP contribution in [0.1, 0.15) is 28.4 Å². The van der Waals surface area contributed by atoms with Crippen molar-refractivity contribution in [3.63, 3.8) is 0 Å². The fourth-order valence-corrected chi connectivity index (χ4v) is 3.27. The van der Waals surface area contributed by atoms with Gasteiger partial charge < -0.3 is 14.7 Å². The van der Waals surface area contributed by atoms with E-state index in [2.05, 4.69) is 0 Å². The number of rotatable bonds is 6. The zero-order valence-corrected chi connectivity index (χ0v) is 16.2. The minimum absolute atomic E-state index is 0.148. The van der Waals surface area contributed by atoms with Crippen LogP contribution in [0.3, 0.4) is 0 Å². The van der Waals surface area contributed by atoms with E-state index in [0.717, 1.165) is 5.56 Å². The fourth-order valence-electron chi connectivity index (χ4n) is 3.27. The second-order valence-electron chi connectivity index (χ2n) is 6.63. The minimum Gasteiger partial charge on any atom is -0.478 e. The second kappa shape index (κ2) is 8.56. The average Bonchev–Trinajstić information content (AvgIpc) is 2.96. The van der Waals surface area contributed by atoms with Crippen molar-refractivity contribution in [1.82, 2.24) is 4.90 Å². The van der Waals surface area contributed by atoms with Gasteiger partial charge in [0.05, 0.1) is 23.8 Å². The first kappa shape index (κ1) is 20.1. The monoisotopic (exact) mass is 391 g/mol. The third-order valence-corrected chi connectivity index (χ3v) is 4.84. The Bertz CT molecular complexity index is 1000. The molecule has 29 heavy (non-hydrogen) atoms. The third-order valence-electron chi connectivity index (χ3n) is 4.84. The zero-order valence-electron chi connectivity index (χ0n) is 16.2. The number of hydrogen-bond acceptors (Lipinski definition) is 4. The van der Waals surface area contributed by atoms with Gasteiger partial charge in [0.1, 0.15) is 0 Å². The summed E-state index contributed by atoms with van der Waals surface area (Å²) in [6.07, 6.45) is 2.24. The molecule has 0 saturated carbocycles. The molecule has 2 aromatic carbocycles. The summed E-state index contributed by atoms with van der Waals surface area (Å²) in [5.41, 5.74) is 2.88. The lowest BCUT2D eigenvalue weighted by Crippen LogP contribution is -2.27. The maximum atomic E-state index is 13.1. The molecule has 0 bridgehead atoms. The van der Waals surface area contributed by atoms with Gasteiger partial charge in [0.25, 0.3) is 5.91 Å². The predicted molar refractivity (Wildman–Crippen MR) is 108 cm³/mol. The van der Waals surface area contributed by atoms with Gasteiger partial charge in [-0.05, 0) is 42.7 Å². The van der Waals surface area contributed by atoms with Crippen molar-refractivity contribution >= 4 is 23.9 Å². The molecule has 0 fully saturated rings. The van der Waals surface area contributed by atoms with Gasteiger partial charge in [-0.1, -0.05) is 42.5 Å². The van der Waals surface area contributed by atoms with Gasteiger partial charge in [-0.25, -0.2) is 9.59 Å². The SMILES string of the molecule is COC(=O)C1=C(C)N(CCc2ccccc2)C(=O)/C1=C\c1ccc(C(=O)O)cc1. The van der Waals surface area contributed by atoms with Gasteiger partial charge in [-0.15, -0.1) is 0 Å². The van der Waals surface area contributed by atoms with Crippen LogP contribution in [0.25, 0.3) is 6.08 Å². The van der Waals surface area contributed by atoms with Crippen LogP contribution in [0.2, 0.25) is 0 Å². The van der Waals surface area contributed by atoms with Crippen LogP contribution in [0.15, 0.2) is 71.4 Å². The molecule has 0 saturated heterocycles. The Morgan fingerprint density at radius 3 is 2.31 bits per heavy atom. The van der Waals surface area contributed by atoms with E-state index in [0.29, 0.717) is 24.2 Å². The highest BCUT2D eigenvalue weighted by Crippen LogP contribution is 2.31. The molecule has 1 aliphatic rings. The van der Waals surface area contributed by atoms with E-state index in [1.54, 1.807) is 30.0 Å². The van der Waals surface area contributed by atoms with E-state index in [9.17, 15) is 14.4 Å². The molecule has 1 aliphatic heterocycles. The van der Waals surface area contributed by atoms with Crippen molar-refractivity contribution < 1.29 is 24.2 Å². The Morgan fingerprint density at radius 1 is 1.07 bits per heavy atom. The van der Waals surface area contributed by atoms with Crippen molar-refractivity contribution in [2.45, 2.75) is 13.3 Å². The van der Waals surface area contributed by atoms with Gasteiger partial charge in [0.2, 0.25) is 0 Å². The Hall–Kier alpha value is -3.67. The number of aromatic carboxylic acids is 1. The molecule has 1 heterocycles. The number of amides is 1. The summed E-state index contributed by atoms with van der Waals surface area (Å²) in [5.74, 6) is -1.88. The average molecular weight is 391 g/mol. The number of allylic oxidation sites excluding steroid dienone is 1. The van der Waals surface area contributed by atoms with Crippen LogP contribution < -0.4 is 0 Å². The molecule has 0 atom stereocenters. The summed E-state index contributed by atoms with van der Waals surface area (Å²) in [6.45, 7) is 2.16. The number of carbonyl (C=O) groups excluding carboxylic acids is 2. The maximum Gasteiger partial charge on any atom is 0.340 e. The van der Waals surface area contributed by atoms with Gasteiger partial charge >= 0.3 is 11.9 Å². The molecule has 148 valence electrons. The molecule has 6 nitrogen and oxygen atoms in total. The first-order valence-corrected chi connectivity index (χ1v) is 9.12. The highest BCUT2D eigenvalue weighted by Gasteiger charge is 2.36. The number of hydrogen-bond donors (Lipinski definition) is 1. The van der Waals surface area contributed by atoms with E-state index < -0.39 is 11.9 Å². The van der Waals surface area contributed by atoms with Crippen LogP contribution in [-0.4, -0.2) is 41.5 Å². The van der Waals surface area contributed by atoms with Crippen LogP contribution in [0, 0.1) is 0 Å². The van der Waals surface area contributed by atoms with E-state index in [4.69, 9.17) is 9.84 Å². The third kappa shape index (κ3) is 4.27. The standard InChI is InChI=1S/C23H21NO5/c1-15-20(23(28)29-2)19(14-17-8-10-18(11-9-17)22(26)27)21(25)24(15)13-12-16-6-4-3-5-7-16/h3-11,14H,12-13H2,1-2H3,(H,26,27)/b19-14-. The van der Waals surface area contributed by atoms with Crippen molar-refractivity contribution in [3.05, 3.63) is 88.1 Å². The van der Waals surface area contributed by atoms with Crippen LogP contribution in [0.5, 0.6) is 0 Å². The van der Waals surface area contributed by atoms with E-state index in [1.165, 1.54) is 19.2 Å². The van der Waals surface area contributed by atoms with Crippen molar-refractivity contribution in [1.29, 1.82) is 0 Å².